The summed E-state index contributed by atoms with van der Waals surface area (Å²) in [6.45, 7) is 0.344. The van der Waals surface area contributed by atoms with Crippen LogP contribution in [0.1, 0.15) is 15.9 Å². The molecule has 38 heavy (non-hydrogen) atoms. The van der Waals surface area contributed by atoms with Crippen molar-refractivity contribution in [1.82, 2.24) is 20.1 Å². The van der Waals surface area contributed by atoms with Crippen LogP contribution >= 0.6 is 0 Å². The van der Waals surface area contributed by atoms with Gasteiger partial charge in [-0.05, 0) is 47.0 Å². The lowest BCUT2D eigenvalue weighted by Crippen LogP contribution is -2.23. The molecule has 1 N–H and O–H groups in total. The Morgan fingerprint density at radius 3 is 2.21 bits per heavy atom. The van der Waals surface area contributed by atoms with Gasteiger partial charge in [0.25, 0.3) is 5.91 Å². The first-order chi connectivity index (χ1) is 18.4. The Labute approximate surface area is 216 Å². The van der Waals surface area contributed by atoms with E-state index in [0.29, 0.717) is 23.6 Å². The smallest absolute Gasteiger partial charge is 0.406 e. The summed E-state index contributed by atoms with van der Waals surface area (Å²) < 4.78 is 42.4. The number of nitrogens with one attached hydrogen (secondary N) is 1. The third-order valence-electron chi connectivity index (χ3n) is 5.75. The van der Waals surface area contributed by atoms with Crippen molar-refractivity contribution in [2.45, 2.75) is 12.9 Å². The van der Waals surface area contributed by atoms with Crippen LogP contribution in [0.4, 0.5) is 13.2 Å². The second-order valence-electron chi connectivity index (χ2n) is 8.35. The number of rotatable bonds is 7. The van der Waals surface area contributed by atoms with Crippen LogP contribution in [-0.2, 0) is 6.54 Å². The van der Waals surface area contributed by atoms with Gasteiger partial charge < -0.3 is 10.1 Å². The average Bonchev–Trinajstić information content (AvgIpc) is 3.42. The molecule has 0 radical (unpaired) electrons. The standard InChI is InChI=1S/C29H21F3N4O2/c30-29(31,32)38-24-16-14-23(15-17-24)36-19-34-27(35-36)22-12-10-20(11-13-22)18-33-28(37)26-9-5-4-8-25(26)21-6-2-1-3-7-21/h1-17,19H,18H2,(H,33,37). The molecule has 190 valence electrons. The molecular formula is C29H21F3N4O2. The summed E-state index contributed by atoms with van der Waals surface area (Å²) in [5.41, 5.74) is 4.63. The lowest BCUT2D eigenvalue weighted by molar-refractivity contribution is -0.274. The van der Waals surface area contributed by atoms with E-state index in [4.69, 9.17) is 0 Å². The van der Waals surface area contributed by atoms with Gasteiger partial charge in [-0.3, -0.25) is 4.79 Å². The van der Waals surface area contributed by atoms with E-state index in [0.717, 1.165) is 22.3 Å². The van der Waals surface area contributed by atoms with Crippen molar-refractivity contribution in [2.75, 3.05) is 0 Å². The fraction of sp³-hybridized carbons (Fsp3) is 0.0690. The molecule has 9 heteroatoms. The Morgan fingerprint density at radius 2 is 1.50 bits per heavy atom. The molecule has 0 spiro atoms. The molecule has 1 aromatic heterocycles. The van der Waals surface area contributed by atoms with Crippen LogP contribution in [-0.4, -0.2) is 27.0 Å². The molecule has 0 fully saturated rings. The highest BCUT2D eigenvalue weighted by molar-refractivity contribution is 6.00. The van der Waals surface area contributed by atoms with E-state index in [1.807, 2.05) is 72.8 Å². The molecule has 1 heterocycles. The minimum absolute atomic E-state index is 0.166. The zero-order valence-corrected chi connectivity index (χ0v) is 19.9. The molecule has 0 unspecified atom stereocenters. The summed E-state index contributed by atoms with van der Waals surface area (Å²) in [5, 5.41) is 7.38. The van der Waals surface area contributed by atoms with Gasteiger partial charge in [-0.2, -0.15) is 0 Å². The largest absolute Gasteiger partial charge is 0.573 e. The number of alkyl halides is 3. The predicted molar refractivity (Wildman–Crippen MR) is 137 cm³/mol. The van der Waals surface area contributed by atoms with E-state index in [9.17, 15) is 18.0 Å². The maximum atomic E-state index is 12.9. The van der Waals surface area contributed by atoms with Gasteiger partial charge in [0, 0.05) is 17.7 Å². The molecule has 1 amide bonds. The number of benzene rings is 4. The molecular weight excluding hydrogens is 493 g/mol. The van der Waals surface area contributed by atoms with Crippen LogP contribution in [0.25, 0.3) is 28.2 Å². The topological polar surface area (TPSA) is 69.0 Å². The van der Waals surface area contributed by atoms with Crippen molar-refractivity contribution < 1.29 is 22.7 Å². The van der Waals surface area contributed by atoms with Gasteiger partial charge in [0.1, 0.15) is 12.1 Å². The highest BCUT2D eigenvalue weighted by Crippen LogP contribution is 2.25. The van der Waals surface area contributed by atoms with E-state index >= 15 is 0 Å². The number of carbonyl (C=O) groups excluding carboxylic acids is 1. The number of nitrogens with zero attached hydrogens (tertiary/aromatic N) is 3. The normalized spacial score (nSPS) is 11.2. The Balaban J connectivity index is 1.23. The van der Waals surface area contributed by atoms with Crippen LogP contribution in [0.15, 0.2) is 109 Å². The Kier molecular flexibility index (Phi) is 6.90. The molecule has 0 aliphatic carbocycles. The lowest BCUT2D eigenvalue weighted by Gasteiger charge is -2.11. The highest BCUT2D eigenvalue weighted by atomic mass is 19.4. The van der Waals surface area contributed by atoms with Crippen LogP contribution < -0.4 is 10.1 Å². The van der Waals surface area contributed by atoms with Crippen molar-refractivity contribution in [3.05, 3.63) is 121 Å². The van der Waals surface area contributed by atoms with Crippen LogP contribution in [0.5, 0.6) is 5.75 Å². The molecule has 0 bridgehead atoms. The van der Waals surface area contributed by atoms with Crippen molar-refractivity contribution in [1.29, 1.82) is 0 Å². The molecule has 4 aromatic carbocycles. The lowest BCUT2D eigenvalue weighted by atomic mass is 9.99. The van der Waals surface area contributed by atoms with E-state index in [-0.39, 0.29) is 11.7 Å². The van der Waals surface area contributed by atoms with Gasteiger partial charge in [0.15, 0.2) is 5.82 Å². The number of carbonyl (C=O) groups is 1. The summed E-state index contributed by atoms with van der Waals surface area (Å²) in [7, 11) is 0. The minimum Gasteiger partial charge on any atom is -0.406 e. The van der Waals surface area contributed by atoms with Gasteiger partial charge in [-0.1, -0.05) is 72.8 Å². The maximum Gasteiger partial charge on any atom is 0.573 e. The van der Waals surface area contributed by atoms with Crippen LogP contribution in [0, 0.1) is 0 Å². The van der Waals surface area contributed by atoms with E-state index in [1.54, 1.807) is 6.07 Å². The van der Waals surface area contributed by atoms with Crippen molar-refractivity contribution >= 4 is 5.91 Å². The van der Waals surface area contributed by atoms with Gasteiger partial charge >= 0.3 is 6.36 Å². The van der Waals surface area contributed by atoms with E-state index in [2.05, 4.69) is 20.1 Å². The fourth-order valence-corrected chi connectivity index (χ4v) is 3.92. The number of amides is 1. The zero-order chi connectivity index (χ0) is 26.5. The Hall–Kier alpha value is -4.92. The molecule has 0 saturated carbocycles. The predicted octanol–water partition coefficient (Wildman–Crippen LogP) is 6.43. The summed E-state index contributed by atoms with van der Waals surface area (Å²) in [6.07, 6.45) is -3.27. The third kappa shape index (κ3) is 5.89. The number of ether oxygens (including phenoxy) is 1. The Bertz CT molecular complexity index is 1530. The molecule has 0 saturated heterocycles. The highest BCUT2D eigenvalue weighted by Gasteiger charge is 2.31. The van der Waals surface area contributed by atoms with Crippen molar-refractivity contribution in [3.8, 4) is 34.0 Å². The number of halogens is 3. The summed E-state index contributed by atoms with van der Waals surface area (Å²) >= 11 is 0. The molecule has 5 aromatic rings. The molecule has 0 aliphatic rings. The third-order valence-corrected chi connectivity index (χ3v) is 5.75. The molecule has 5 rings (SSSR count). The molecule has 6 nitrogen and oxygen atoms in total. The molecule has 0 atom stereocenters. The monoisotopic (exact) mass is 514 g/mol. The molecule has 0 aliphatic heterocycles. The number of hydrogen-bond acceptors (Lipinski definition) is 4. The number of aromatic nitrogens is 3. The summed E-state index contributed by atoms with van der Waals surface area (Å²) in [5.74, 6) is -0.0265. The zero-order valence-electron chi connectivity index (χ0n) is 19.9. The van der Waals surface area contributed by atoms with Gasteiger partial charge in [-0.25, -0.2) is 9.67 Å². The van der Waals surface area contributed by atoms with Crippen molar-refractivity contribution in [2.24, 2.45) is 0 Å². The van der Waals surface area contributed by atoms with Gasteiger partial charge in [0.05, 0.1) is 5.69 Å². The minimum atomic E-state index is -4.75. The quantitative estimate of drug-likeness (QED) is 0.272. The number of hydrogen-bond donors (Lipinski definition) is 1. The first kappa shape index (κ1) is 24.8. The maximum absolute atomic E-state index is 12.9. The van der Waals surface area contributed by atoms with Crippen molar-refractivity contribution in [3.63, 3.8) is 0 Å². The van der Waals surface area contributed by atoms with E-state index in [1.165, 1.54) is 35.3 Å². The Morgan fingerprint density at radius 1 is 0.816 bits per heavy atom. The van der Waals surface area contributed by atoms with Crippen LogP contribution in [0.3, 0.4) is 0 Å². The second kappa shape index (κ2) is 10.6. The second-order valence-corrected chi connectivity index (χ2v) is 8.35. The van der Waals surface area contributed by atoms with Crippen LogP contribution in [0.2, 0.25) is 0 Å². The summed E-state index contributed by atoms with van der Waals surface area (Å²) in [4.78, 5) is 17.2. The van der Waals surface area contributed by atoms with E-state index < -0.39 is 6.36 Å². The summed E-state index contributed by atoms with van der Waals surface area (Å²) in [6, 6.07) is 30.0. The fourth-order valence-electron chi connectivity index (χ4n) is 3.92. The first-order valence-electron chi connectivity index (χ1n) is 11.7. The SMILES string of the molecule is O=C(NCc1ccc(-c2ncn(-c3ccc(OC(F)(F)F)cc3)n2)cc1)c1ccccc1-c1ccccc1. The van der Waals surface area contributed by atoms with Gasteiger partial charge in [0.2, 0.25) is 0 Å². The average molecular weight is 515 g/mol. The first-order valence-corrected chi connectivity index (χ1v) is 11.7. The van der Waals surface area contributed by atoms with Gasteiger partial charge in [-0.15, -0.1) is 18.3 Å².